The summed E-state index contributed by atoms with van der Waals surface area (Å²) in [5.41, 5.74) is 0. The maximum atomic E-state index is 11.3. The van der Waals surface area contributed by atoms with E-state index in [1.165, 1.54) is 57.8 Å². The lowest BCUT2D eigenvalue weighted by molar-refractivity contribution is -0.144. The third-order valence-corrected chi connectivity index (χ3v) is 4.70. The summed E-state index contributed by atoms with van der Waals surface area (Å²) in [6.07, 6.45) is 18.9. The minimum atomic E-state index is -0.0340. The van der Waals surface area contributed by atoms with Gasteiger partial charge in [0.1, 0.15) is 0 Å². The third kappa shape index (κ3) is 21.1. The fraction of sp³-hybridized carbons (Fsp3) is 0.913. The standard InChI is InChI=1S/C23H44O4/c1-3-20-26-22(24)18-16-14-12-10-8-6-5-7-9-11-13-15-17-19-23(25)27-21-4-2/h3-21H2,1-2H3. The normalized spacial score (nSPS) is 10.7. The maximum absolute atomic E-state index is 11.3. The van der Waals surface area contributed by atoms with Crippen molar-refractivity contribution in [1.82, 2.24) is 0 Å². The average molecular weight is 385 g/mol. The molecular weight excluding hydrogens is 340 g/mol. The maximum Gasteiger partial charge on any atom is 0.305 e. The van der Waals surface area contributed by atoms with Crippen LogP contribution in [-0.2, 0) is 19.1 Å². The molecule has 27 heavy (non-hydrogen) atoms. The molecule has 0 aromatic heterocycles. The molecule has 0 saturated heterocycles. The molecule has 0 spiro atoms. The molecule has 4 heteroatoms. The summed E-state index contributed by atoms with van der Waals surface area (Å²) in [6.45, 7) is 5.16. The van der Waals surface area contributed by atoms with Gasteiger partial charge in [-0.2, -0.15) is 0 Å². The van der Waals surface area contributed by atoms with E-state index in [4.69, 9.17) is 9.47 Å². The Morgan fingerprint density at radius 1 is 0.481 bits per heavy atom. The molecule has 0 amide bonds. The molecule has 0 aliphatic rings. The predicted octanol–water partition coefficient (Wildman–Crippen LogP) is 6.74. The number of esters is 2. The van der Waals surface area contributed by atoms with Crippen LogP contribution < -0.4 is 0 Å². The molecule has 0 heterocycles. The van der Waals surface area contributed by atoms with Gasteiger partial charge in [0, 0.05) is 12.8 Å². The smallest absolute Gasteiger partial charge is 0.305 e. The highest BCUT2D eigenvalue weighted by molar-refractivity contribution is 5.69. The molecule has 0 aliphatic heterocycles. The van der Waals surface area contributed by atoms with Crippen LogP contribution in [0.25, 0.3) is 0 Å². The van der Waals surface area contributed by atoms with Crippen molar-refractivity contribution in [1.29, 1.82) is 0 Å². The van der Waals surface area contributed by atoms with E-state index >= 15 is 0 Å². The molecule has 0 radical (unpaired) electrons. The van der Waals surface area contributed by atoms with Crippen LogP contribution in [0.5, 0.6) is 0 Å². The highest BCUT2D eigenvalue weighted by Gasteiger charge is 2.02. The van der Waals surface area contributed by atoms with Gasteiger partial charge in [-0.1, -0.05) is 84.5 Å². The SMILES string of the molecule is CCCOC(=O)CCCCCCCCCCCCCCCC(=O)OCCC. The number of ether oxygens (including phenoxy) is 2. The first-order chi connectivity index (χ1) is 13.2. The number of hydrogen-bond donors (Lipinski definition) is 0. The first-order valence-electron chi connectivity index (χ1n) is 11.5. The molecular formula is C23H44O4. The van der Waals surface area contributed by atoms with Crippen molar-refractivity contribution in [3.63, 3.8) is 0 Å². The fourth-order valence-corrected chi connectivity index (χ4v) is 3.06. The highest BCUT2D eigenvalue weighted by atomic mass is 16.5. The van der Waals surface area contributed by atoms with Crippen molar-refractivity contribution < 1.29 is 19.1 Å². The first kappa shape index (κ1) is 25.9. The topological polar surface area (TPSA) is 52.6 Å². The van der Waals surface area contributed by atoms with Crippen LogP contribution in [0.2, 0.25) is 0 Å². The zero-order valence-electron chi connectivity index (χ0n) is 18.1. The van der Waals surface area contributed by atoms with Crippen LogP contribution >= 0.6 is 0 Å². The molecule has 0 bridgehead atoms. The van der Waals surface area contributed by atoms with Crippen molar-refractivity contribution in [2.45, 2.75) is 123 Å². The van der Waals surface area contributed by atoms with Gasteiger partial charge in [0.05, 0.1) is 13.2 Å². The Bertz CT molecular complexity index is 309. The van der Waals surface area contributed by atoms with E-state index in [0.29, 0.717) is 26.1 Å². The van der Waals surface area contributed by atoms with E-state index in [1.807, 2.05) is 13.8 Å². The molecule has 0 aromatic rings. The Balaban J connectivity index is 3.13. The quantitative estimate of drug-likeness (QED) is 0.172. The van der Waals surface area contributed by atoms with E-state index in [-0.39, 0.29) is 11.9 Å². The van der Waals surface area contributed by atoms with Gasteiger partial charge < -0.3 is 9.47 Å². The van der Waals surface area contributed by atoms with E-state index in [9.17, 15) is 9.59 Å². The van der Waals surface area contributed by atoms with Gasteiger partial charge in [0.15, 0.2) is 0 Å². The molecule has 0 fully saturated rings. The fourth-order valence-electron chi connectivity index (χ4n) is 3.06. The second kappa shape index (κ2) is 21.2. The number of rotatable bonds is 20. The van der Waals surface area contributed by atoms with Gasteiger partial charge in [0.2, 0.25) is 0 Å². The van der Waals surface area contributed by atoms with Crippen LogP contribution in [0.3, 0.4) is 0 Å². The summed E-state index contributed by atoms with van der Waals surface area (Å²) in [6, 6.07) is 0. The zero-order chi connectivity index (χ0) is 20.0. The van der Waals surface area contributed by atoms with Crippen molar-refractivity contribution in [2.24, 2.45) is 0 Å². The van der Waals surface area contributed by atoms with Gasteiger partial charge in [-0.25, -0.2) is 0 Å². The van der Waals surface area contributed by atoms with Crippen LogP contribution in [0.15, 0.2) is 0 Å². The largest absolute Gasteiger partial charge is 0.466 e. The molecule has 160 valence electrons. The van der Waals surface area contributed by atoms with Crippen LogP contribution in [0.4, 0.5) is 0 Å². The lowest BCUT2D eigenvalue weighted by atomic mass is 10.0. The summed E-state index contributed by atoms with van der Waals surface area (Å²) >= 11 is 0. The summed E-state index contributed by atoms with van der Waals surface area (Å²) in [7, 11) is 0. The van der Waals surface area contributed by atoms with E-state index in [1.54, 1.807) is 0 Å². The lowest BCUT2D eigenvalue weighted by Crippen LogP contribution is -2.04. The predicted molar refractivity (Wildman–Crippen MR) is 112 cm³/mol. The van der Waals surface area contributed by atoms with Gasteiger partial charge in [-0.05, 0) is 25.7 Å². The van der Waals surface area contributed by atoms with E-state index in [2.05, 4.69) is 0 Å². The Kier molecular flexibility index (Phi) is 20.4. The molecule has 0 N–H and O–H groups in total. The molecule has 0 rings (SSSR count). The van der Waals surface area contributed by atoms with Crippen molar-refractivity contribution in [3.8, 4) is 0 Å². The van der Waals surface area contributed by atoms with Crippen LogP contribution in [0, 0.1) is 0 Å². The molecule has 0 unspecified atom stereocenters. The van der Waals surface area contributed by atoms with Gasteiger partial charge in [0.25, 0.3) is 0 Å². The Morgan fingerprint density at radius 2 is 0.741 bits per heavy atom. The minimum Gasteiger partial charge on any atom is -0.466 e. The van der Waals surface area contributed by atoms with Gasteiger partial charge >= 0.3 is 11.9 Å². The lowest BCUT2D eigenvalue weighted by Gasteiger charge is -2.04. The van der Waals surface area contributed by atoms with Gasteiger partial charge in [-0.3, -0.25) is 9.59 Å². The number of hydrogen-bond acceptors (Lipinski definition) is 4. The molecule has 0 aliphatic carbocycles. The Hall–Kier alpha value is -1.06. The van der Waals surface area contributed by atoms with Gasteiger partial charge in [-0.15, -0.1) is 0 Å². The minimum absolute atomic E-state index is 0.0340. The van der Waals surface area contributed by atoms with E-state index < -0.39 is 0 Å². The number of unbranched alkanes of at least 4 members (excludes halogenated alkanes) is 12. The Morgan fingerprint density at radius 3 is 1.00 bits per heavy atom. The Labute approximate surface area is 167 Å². The second-order valence-electron chi connectivity index (χ2n) is 7.54. The summed E-state index contributed by atoms with van der Waals surface area (Å²) in [5, 5.41) is 0. The molecule has 4 nitrogen and oxygen atoms in total. The number of carbonyl (C=O) groups is 2. The monoisotopic (exact) mass is 384 g/mol. The van der Waals surface area contributed by atoms with Crippen LogP contribution in [-0.4, -0.2) is 25.2 Å². The average Bonchev–Trinajstić information content (AvgIpc) is 2.67. The second-order valence-corrected chi connectivity index (χ2v) is 7.54. The van der Waals surface area contributed by atoms with E-state index in [0.717, 1.165) is 38.5 Å². The first-order valence-corrected chi connectivity index (χ1v) is 11.5. The molecule has 0 aromatic carbocycles. The summed E-state index contributed by atoms with van der Waals surface area (Å²) in [5.74, 6) is -0.0680. The summed E-state index contributed by atoms with van der Waals surface area (Å²) < 4.78 is 10.1. The molecule has 0 saturated carbocycles. The third-order valence-electron chi connectivity index (χ3n) is 4.70. The van der Waals surface area contributed by atoms with Crippen molar-refractivity contribution in [2.75, 3.05) is 13.2 Å². The van der Waals surface area contributed by atoms with Crippen molar-refractivity contribution >= 4 is 11.9 Å². The summed E-state index contributed by atoms with van der Waals surface area (Å²) in [4.78, 5) is 22.7. The number of carbonyl (C=O) groups excluding carboxylic acids is 2. The highest BCUT2D eigenvalue weighted by Crippen LogP contribution is 2.13. The van der Waals surface area contributed by atoms with Crippen LogP contribution in [0.1, 0.15) is 123 Å². The van der Waals surface area contributed by atoms with Crippen molar-refractivity contribution in [3.05, 3.63) is 0 Å². The molecule has 0 atom stereocenters. The zero-order valence-corrected chi connectivity index (χ0v) is 18.1.